The van der Waals surface area contributed by atoms with Gasteiger partial charge in [0.1, 0.15) is 11.2 Å². The molecule has 0 saturated heterocycles. The van der Waals surface area contributed by atoms with Crippen molar-refractivity contribution >= 4 is 17.5 Å². The van der Waals surface area contributed by atoms with Gasteiger partial charge in [-0.25, -0.2) is 9.97 Å². The molecule has 14 heavy (non-hydrogen) atoms. The van der Waals surface area contributed by atoms with Crippen molar-refractivity contribution in [1.29, 1.82) is 0 Å². The second kappa shape index (κ2) is 3.17. The molecule has 2 rings (SSSR count). The van der Waals surface area contributed by atoms with Crippen molar-refractivity contribution in [3.05, 3.63) is 18.1 Å². The van der Waals surface area contributed by atoms with E-state index >= 15 is 0 Å². The molecule has 0 aliphatic heterocycles. The highest BCUT2D eigenvalue weighted by Gasteiger charge is 2.06. The van der Waals surface area contributed by atoms with Gasteiger partial charge < -0.3 is 0 Å². The predicted octanol–water partition coefficient (Wildman–Crippen LogP) is 1.22. The van der Waals surface area contributed by atoms with Gasteiger partial charge in [0.2, 0.25) is 5.65 Å². The Morgan fingerprint density at radius 2 is 2.29 bits per heavy atom. The predicted molar refractivity (Wildman–Crippen MR) is 51.1 cm³/mol. The molecular weight excluding hydrogens is 180 g/mol. The van der Waals surface area contributed by atoms with Crippen molar-refractivity contribution < 1.29 is 4.79 Å². The van der Waals surface area contributed by atoms with Crippen molar-refractivity contribution in [3.63, 3.8) is 0 Å². The minimum atomic E-state index is 0.269. The molecule has 2 aromatic heterocycles. The fraction of sp³-hybridized carbons (Fsp3) is 0.333. The summed E-state index contributed by atoms with van der Waals surface area (Å²) in [6, 6.07) is 0.269. The van der Waals surface area contributed by atoms with Crippen molar-refractivity contribution in [2.45, 2.75) is 19.9 Å². The molecule has 0 saturated carbocycles. The number of carbonyl (C=O) groups is 1. The Kier molecular flexibility index (Phi) is 1.99. The Bertz CT molecular complexity index is 475. The number of carbonyl (C=O) groups excluding carboxylic acids is 1. The average Bonchev–Trinajstić information content (AvgIpc) is 2.59. The summed E-state index contributed by atoms with van der Waals surface area (Å²) >= 11 is 0. The first-order chi connectivity index (χ1) is 6.70. The number of aromatic nitrogens is 4. The zero-order valence-electron chi connectivity index (χ0n) is 8.01. The third kappa shape index (κ3) is 1.37. The largest absolute Gasteiger partial charge is 0.296 e. The maximum atomic E-state index is 10.5. The molecule has 0 bridgehead atoms. The van der Waals surface area contributed by atoms with Gasteiger partial charge in [-0.05, 0) is 13.8 Å². The monoisotopic (exact) mass is 190 g/mol. The van der Waals surface area contributed by atoms with E-state index in [0.717, 1.165) is 0 Å². The lowest BCUT2D eigenvalue weighted by molar-refractivity contribution is 0.111. The topological polar surface area (TPSA) is 60.7 Å². The normalized spacial score (nSPS) is 11.1. The molecule has 0 unspecified atom stereocenters. The van der Waals surface area contributed by atoms with E-state index in [4.69, 9.17) is 0 Å². The first-order valence-corrected chi connectivity index (χ1v) is 4.38. The highest BCUT2D eigenvalue weighted by molar-refractivity contribution is 5.76. The van der Waals surface area contributed by atoms with Gasteiger partial charge in [-0.2, -0.15) is 5.10 Å². The summed E-state index contributed by atoms with van der Waals surface area (Å²) in [5, 5.41) is 4.20. The molecule has 0 atom stereocenters. The van der Waals surface area contributed by atoms with E-state index in [2.05, 4.69) is 15.1 Å². The first-order valence-electron chi connectivity index (χ1n) is 4.38. The van der Waals surface area contributed by atoms with Gasteiger partial charge in [-0.15, -0.1) is 0 Å². The number of aldehydes is 1. The Labute approximate surface area is 80.8 Å². The third-order valence-electron chi connectivity index (χ3n) is 1.91. The van der Waals surface area contributed by atoms with Gasteiger partial charge in [0.25, 0.3) is 0 Å². The van der Waals surface area contributed by atoms with Gasteiger partial charge in [-0.1, -0.05) is 0 Å². The van der Waals surface area contributed by atoms with E-state index in [1.165, 1.54) is 6.20 Å². The van der Waals surface area contributed by atoms with Gasteiger partial charge in [0.05, 0.1) is 12.4 Å². The maximum absolute atomic E-state index is 10.5. The lowest BCUT2D eigenvalue weighted by atomic mass is 10.4. The van der Waals surface area contributed by atoms with Gasteiger partial charge in [0, 0.05) is 6.04 Å². The highest BCUT2D eigenvalue weighted by Crippen LogP contribution is 2.10. The fourth-order valence-corrected chi connectivity index (χ4v) is 1.15. The van der Waals surface area contributed by atoms with E-state index in [0.29, 0.717) is 23.1 Å². The molecule has 5 nitrogen and oxygen atoms in total. The van der Waals surface area contributed by atoms with E-state index in [-0.39, 0.29) is 6.04 Å². The summed E-state index contributed by atoms with van der Waals surface area (Å²) in [7, 11) is 0. The van der Waals surface area contributed by atoms with E-state index < -0.39 is 0 Å². The smallest absolute Gasteiger partial charge is 0.200 e. The van der Waals surface area contributed by atoms with Crippen LogP contribution in [0.25, 0.3) is 11.2 Å². The highest BCUT2D eigenvalue weighted by atomic mass is 16.1. The van der Waals surface area contributed by atoms with Crippen molar-refractivity contribution in [2.75, 3.05) is 0 Å². The Balaban J connectivity index is 2.59. The summed E-state index contributed by atoms with van der Waals surface area (Å²) < 4.78 is 1.78. The minimum absolute atomic E-state index is 0.269. The fourth-order valence-electron chi connectivity index (χ4n) is 1.15. The summed E-state index contributed by atoms with van der Waals surface area (Å²) in [5.74, 6) is 0. The number of nitrogens with zero attached hydrogens (tertiary/aromatic N) is 4. The van der Waals surface area contributed by atoms with Crippen LogP contribution in [0.2, 0.25) is 0 Å². The Morgan fingerprint density at radius 1 is 1.50 bits per heavy atom. The third-order valence-corrected chi connectivity index (χ3v) is 1.91. The second-order valence-corrected chi connectivity index (χ2v) is 3.32. The number of rotatable bonds is 2. The zero-order chi connectivity index (χ0) is 10.1. The van der Waals surface area contributed by atoms with Crippen molar-refractivity contribution in [3.8, 4) is 0 Å². The van der Waals surface area contributed by atoms with Crippen LogP contribution in [-0.2, 0) is 0 Å². The van der Waals surface area contributed by atoms with Crippen molar-refractivity contribution in [1.82, 2.24) is 19.7 Å². The van der Waals surface area contributed by atoms with Gasteiger partial charge in [0.15, 0.2) is 6.29 Å². The van der Waals surface area contributed by atoms with Crippen LogP contribution in [0.5, 0.6) is 0 Å². The summed E-state index contributed by atoms with van der Waals surface area (Å²) in [6.45, 7) is 4.04. The lowest BCUT2D eigenvalue weighted by Crippen LogP contribution is -2.00. The van der Waals surface area contributed by atoms with Crippen LogP contribution >= 0.6 is 0 Å². The first kappa shape index (κ1) is 8.80. The number of fused-ring (bicyclic) bond motifs is 1. The molecule has 0 aliphatic carbocycles. The van der Waals surface area contributed by atoms with Crippen LogP contribution in [0.3, 0.4) is 0 Å². The van der Waals surface area contributed by atoms with Crippen LogP contribution in [0.1, 0.15) is 30.4 Å². The number of hydrogen-bond acceptors (Lipinski definition) is 4. The van der Waals surface area contributed by atoms with E-state index in [1.807, 2.05) is 20.0 Å². The standard InChI is InChI=1S/C9H10N4O/c1-6(2)13-4-8-9(12-13)11-7(5-14)3-10-8/h3-6H,1-2H3. The summed E-state index contributed by atoms with van der Waals surface area (Å²) in [5.41, 5.74) is 1.54. The number of hydrogen-bond donors (Lipinski definition) is 0. The second-order valence-electron chi connectivity index (χ2n) is 3.32. The van der Waals surface area contributed by atoms with Crippen molar-refractivity contribution in [2.24, 2.45) is 0 Å². The molecular formula is C9H10N4O. The molecule has 0 fully saturated rings. The SMILES string of the molecule is CC(C)n1cc2ncc(C=O)nc2n1. The Morgan fingerprint density at radius 3 is 2.93 bits per heavy atom. The van der Waals surface area contributed by atoms with Crippen LogP contribution in [0.15, 0.2) is 12.4 Å². The molecule has 5 heteroatoms. The molecule has 2 aromatic rings. The molecule has 0 aromatic carbocycles. The van der Waals surface area contributed by atoms with E-state index in [1.54, 1.807) is 4.68 Å². The van der Waals surface area contributed by atoms with Crippen LogP contribution in [0.4, 0.5) is 0 Å². The van der Waals surface area contributed by atoms with Crippen LogP contribution in [-0.4, -0.2) is 26.0 Å². The van der Waals surface area contributed by atoms with Gasteiger partial charge in [-0.3, -0.25) is 9.48 Å². The quantitative estimate of drug-likeness (QED) is 0.668. The molecule has 0 aliphatic rings. The lowest BCUT2D eigenvalue weighted by Gasteiger charge is -2.01. The average molecular weight is 190 g/mol. The molecule has 0 N–H and O–H groups in total. The maximum Gasteiger partial charge on any atom is 0.200 e. The minimum Gasteiger partial charge on any atom is -0.296 e. The molecule has 2 heterocycles. The zero-order valence-corrected chi connectivity index (χ0v) is 8.01. The van der Waals surface area contributed by atoms with E-state index in [9.17, 15) is 4.79 Å². The summed E-state index contributed by atoms with van der Waals surface area (Å²) in [4.78, 5) is 18.6. The van der Waals surface area contributed by atoms with Gasteiger partial charge >= 0.3 is 0 Å². The molecule has 0 radical (unpaired) electrons. The van der Waals surface area contributed by atoms with Crippen LogP contribution in [0, 0.1) is 0 Å². The summed E-state index contributed by atoms with van der Waals surface area (Å²) in [6.07, 6.45) is 3.93. The molecule has 0 spiro atoms. The molecule has 72 valence electrons. The van der Waals surface area contributed by atoms with Crippen LogP contribution < -0.4 is 0 Å². The Hall–Kier alpha value is -1.78. The molecule has 0 amide bonds.